The Morgan fingerprint density at radius 2 is 2.12 bits per heavy atom. The number of halogens is 1. The van der Waals surface area contributed by atoms with Crippen LogP contribution in [0.4, 0.5) is 10.3 Å². The normalized spacial score (nSPS) is 17.3. The number of nitrogens with one attached hydrogen (secondary N) is 1. The zero-order valence-electron chi connectivity index (χ0n) is 14.4. The highest BCUT2D eigenvalue weighted by molar-refractivity contribution is 5.79. The topological polar surface area (TPSA) is 79.2 Å². The van der Waals surface area contributed by atoms with E-state index in [0.717, 1.165) is 24.6 Å². The lowest BCUT2D eigenvalue weighted by atomic mass is 10.1. The molecule has 1 aliphatic heterocycles. The van der Waals surface area contributed by atoms with Crippen LogP contribution in [0, 0.1) is 11.7 Å². The molecule has 1 amide bonds. The molecule has 134 valence electrons. The second-order valence-corrected chi connectivity index (χ2v) is 6.38. The Labute approximate surface area is 145 Å². The van der Waals surface area contributed by atoms with Crippen LogP contribution in [-0.2, 0) is 17.9 Å². The van der Waals surface area contributed by atoms with Gasteiger partial charge in [0.05, 0.1) is 37.1 Å². The fourth-order valence-corrected chi connectivity index (χ4v) is 2.79. The summed E-state index contributed by atoms with van der Waals surface area (Å²) in [7, 11) is 3.92. The monoisotopic (exact) mass is 347 g/mol. The first kappa shape index (κ1) is 17.3. The first-order valence-corrected chi connectivity index (χ1v) is 8.18. The molecule has 1 aliphatic rings. The van der Waals surface area contributed by atoms with E-state index in [1.807, 2.05) is 34.6 Å². The smallest absolute Gasteiger partial charge is 0.226 e. The van der Waals surface area contributed by atoms with Crippen LogP contribution in [0.3, 0.4) is 0 Å². The van der Waals surface area contributed by atoms with Gasteiger partial charge in [-0.05, 0) is 20.2 Å². The third-order valence-corrected chi connectivity index (χ3v) is 4.11. The third-order valence-electron chi connectivity index (χ3n) is 4.11. The van der Waals surface area contributed by atoms with Gasteiger partial charge in [0.15, 0.2) is 5.82 Å². The molecule has 2 aromatic heterocycles. The van der Waals surface area contributed by atoms with Crippen LogP contribution in [0.25, 0.3) is 0 Å². The lowest BCUT2D eigenvalue weighted by molar-refractivity contribution is -0.125. The lowest BCUT2D eigenvalue weighted by Crippen LogP contribution is -2.41. The minimum Gasteiger partial charge on any atom is -0.354 e. The molecule has 0 spiro atoms. The minimum absolute atomic E-state index is 0.0303. The highest BCUT2D eigenvalue weighted by Crippen LogP contribution is 2.19. The summed E-state index contributed by atoms with van der Waals surface area (Å²) in [6.45, 7) is 2.82. The molecule has 0 fully saturated rings. The van der Waals surface area contributed by atoms with Gasteiger partial charge in [-0.3, -0.25) is 9.48 Å². The summed E-state index contributed by atoms with van der Waals surface area (Å²) >= 11 is 0. The van der Waals surface area contributed by atoms with Gasteiger partial charge < -0.3 is 15.1 Å². The molecular weight excluding hydrogens is 325 g/mol. The van der Waals surface area contributed by atoms with Crippen molar-refractivity contribution in [2.45, 2.75) is 13.1 Å². The van der Waals surface area contributed by atoms with E-state index >= 15 is 0 Å². The molecule has 0 saturated heterocycles. The number of carbonyl (C=O) groups is 1. The zero-order valence-corrected chi connectivity index (χ0v) is 14.4. The summed E-state index contributed by atoms with van der Waals surface area (Å²) in [4.78, 5) is 24.6. The number of carbonyl (C=O) groups excluding carboxylic acids is 1. The van der Waals surface area contributed by atoms with Gasteiger partial charge in [-0.15, -0.1) is 0 Å². The van der Waals surface area contributed by atoms with Gasteiger partial charge in [-0.25, -0.2) is 14.4 Å². The molecule has 2 aromatic rings. The van der Waals surface area contributed by atoms with E-state index in [1.165, 1.54) is 0 Å². The number of hydrogen-bond acceptors (Lipinski definition) is 6. The fraction of sp³-hybridized carbons (Fsp3) is 0.500. The summed E-state index contributed by atoms with van der Waals surface area (Å²) < 4.78 is 14.9. The number of nitrogens with zero attached hydrogens (tertiary/aromatic N) is 6. The van der Waals surface area contributed by atoms with Gasteiger partial charge in [0.25, 0.3) is 0 Å². The van der Waals surface area contributed by atoms with Crippen LogP contribution in [0.15, 0.2) is 24.7 Å². The zero-order chi connectivity index (χ0) is 17.8. The summed E-state index contributed by atoms with van der Waals surface area (Å²) in [6, 6.07) is 1.91. The largest absolute Gasteiger partial charge is 0.354 e. The third kappa shape index (κ3) is 4.30. The van der Waals surface area contributed by atoms with Crippen molar-refractivity contribution in [2.24, 2.45) is 5.92 Å². The Hall–Kier alpha value is -2.55. The SMILES string of the molecule is CN(C)CCNC(=O)C1CN(c2ncc(F)cn2)Cc2ccnn2C1. The molecule has 0 radical (unpaired) electrons. The molecule has 3 rings (SSSR count). The highest BCUT2D eigenvalue weighted by Gasteiger charge is 2.28. The predicted octanol–water partition coefficient (Wildman–Crippen LogP) is 0.126. The Balaban J connectivity index is 1.76. The van der Waals surface area contributed by atoms with E-state index in [9.17, 15) is 9.18 Å². The molecule has 1 atom stereocenters. The summed E-state index contributed by atoms with van der Waals surface area (Å²) in [6.07, 6.45) is 3.98. The van der Waals surface area contributed by atoms with E-state index in [2.05, 4.69) is 20.4 Å². The first-order valence-electron chi connectivity index (χ1n) is 8.18. The fourth-order valence-electron chi connectivity index (χ4n) is 2.79. The second-order valence-electron chi connectivity index (χ2n) is 6.38. The van der Waals surface area contributed by atoms with Crippen molar-refractivity contribution < 1.29 is 9.18 Å². The number of anilines is 1. The number of aromatic nitrogens is 4. The van der Waals surface area contributed by atoms with Crippen molar-refractivity contribution in [1.82, 2.24) is 30.0 Å². The number of rotatable bonds is 5. The maximum Gasteiger partial charge on any atom is 0.226 e. The van der Waals surface area contributed by atoms with Crippen molar-refractivity contribution in [2.75, 3.05) is 38.6 Å². The van der Waals surface area contributed by atoms with Crippen LogP contribution in [0.2, 0.25) is 0 Å². The predicted molar refractivity (Wildman–Crippen MR) is 90.3 cm³/mol. The van der Waals surface area contributed by atoms with Gasteiger partial charge in [-0.1, -0.05) is 0 Å². The van der Waals surface area contributed by atoms with Gasteiger partial charge in [0.1, 0.15) is 0 Å². The molecule has 9 heteroatoms. The van der Waals surface area contributed by atoms with Crippen molar-refractivity contribution in [3.05, 3.63) is 36.2 Å². The lowest BCUT2D eigenvalue weighted by Gasteiger charge is -2.23. The Morgan fingerprint density at radius 3 is 2.84 bits per heavy atom. The van der Waals surface area contributed by atoms with E-state index in [0.29, 0.717) is 32.1 Å². The molecule has 25 heavy (non-hydrogen) atoms. The molecule has 1 N–H and O–H groups in total. The van der Waals surface area contributed by atoms with Crippen LogP contribution >= 0.6 is 0 Å². The minimum atomic E-state index is -0.485. The van der Waals surface area contributed by atoms with E-state index in [1.54, 1.807) is 6.20 Å². The first-order chi connectivity index (χ1) is 12.0. The van der Waals surface area contributed by atoms with E-state index < -0.39 is 5.82 Å². The summed E-state index contributed by atoms with van der Waals surface area (Å²) in [5.74, 6) is -0.405. The maximum absolute atomic E-state index is 13.1. The number of fused-ring (bicyclic) bond motifs is 1. The molecule has 0 saturated carbocycles. The Bertz CT molecular complexity index is 716. The molecule has 1 unspecified atom stereocenters. The van der Waals surface area contributed by atoms with Crippen LogP contribution in [0.1, 0.15) is 5.69 Å². The van der Waals surface area contributed by atoms with Crippen molar-refractivity contribution in [1.29, 1.82) is 0 Å². The number of amides is 1. The van der Waals surface area contributed by atoms with Crippen molar-refractivity contribution in [3.8, 4) is 0 Å². The van der Waals surface area contributed by atoms with Crippen molar-refractivity contribution >= 4 is 11.9 Å². The molecule has 8 nitrogen and oxygen atoms in total. The summed E-state index contributed by atoms with van der Waals surface area (Å²) in [5.41, 5.74) is 0.969. The molecular formula is C16H22FN7O. The van der Waals surface area contributed by atoms with Gasteiger partial charge in [-0.2, -0.15) is 5.10 Å². The average molecular weight is 347 g/mol. The van der Waals surface area contributed by atoms with E-state index in [-0.39, 0.29) is 11.8 Å². The molecule has 0 aromatic carbocycles. The van der Waals surface area contributed by atoms with Gasteiger partial charge in [0, 0.05) is 25.8 Å². The molecule has 3 heterocycles. The summed E-state index contributed by atoms with van der Waals surface area (Å²) in [5, 5.41) is 7.27. The second kappa shape index (κ2) is 7.56. The maximum atomic E-state index is 13.1. The number of likely N-dealkylation sites (N-methyl/N-ethyl adjacent to an activating group) is 1. The Morgan fingerprint density at radius 1 is 1.36 bits per heavy atom. The van der Waals surface area contributed by atoms with Gasteiger partial charge >= 0.3 is 0 Å². The average Bonchev–Trinajstić information content (AvgIpc) is 2.92. The molecule has 0 bridgehead atoms. The van der Waals surface area contributed by atoms with Crippen LogP contribution in [0.5, 0.6) is 0 Å². The van der Waals surface area contributed by atoms with Crippen molar-refractivity contribution in [3.63, 3.8) is 0 Å². The van der Waals surface area contributed by atoms with Crippen LogP contribution in [-0.4, -0.2) is 64.3 Å². The van der Waals surface area contributed by atoms with E-state index in [4.69, 9.17) is 0 Å². The highest BCUT2D eigenvalue weighted by atomic mass is 19.1. The van der Waals surface area contributed by atoms with Gasteiger partial charge in [0.2, 0.25) is 11.9 Å². The Kier molecular flexibility index (Phi) is 5.22. The van der Waals surface area contributed by atoms with Crippen LogP contribution < -0.4 is 10.2 Å². The quantitative estimate of drug-likeness (QED) is 0.828. The standard InChI is InChI=1S/C16H22FN7O/c1-22(2)6-5-18-15(25)12-9-23(16-19-7-13(17)8-20-16)11-14-3-4-21-24(14)10-12/h3-4,7-8,12H,5-6,9-11H2,1-2H3,(H,18,25). The number of hydrogen-bond donors (Lipinski definition) is 1. The molecule has 0 aliphatic carbocycles.